The Morgan fingerprint density at radius 2 is 1.70 bits per heavy atom. The molecule has 2 saturated carbocycles. The highest BCUT2D eigenvalue weighted by Crippen LogP contribution is 2.62. The van der Waals surface area contributed by atoms with Gasteiger partial charge in [0.25, 0.3) is 0 Å². The van der Waals surface area contributed by atoms with Gasteiger partial charge in [-0.25, -0.2) is 0 Å². The lowest BCUT2D eigenvalue weighted by atomic mass is 9.93. The lowest BCUT2D eigenvalue weighted by Gasteiger charge is -2.16. The Kier molecular flexibility index (Phi) is 2.18. The fourth-order valence-electron chi connectivity index (χ4n) is 5.08. The van der Waals surface area contributed by atoms with Crippen molar-refractivity contribution in [2.45, 2.75) is 38.2 Å². The largest absolute Gasteiger partial charge is 0.388 e. The maximum absolute atomic E-state index is 10.9. The molecule has 2 fully saturated rings. The zero-order chi connectivity index (χ0) is 13.3. The van der Waals surface area contributed by atoms with Gasteiger partial charge < -0.3 is 5.11 Å². The molecular formula is C19H20O. The van der Waals surface area contributed by atoms with Gasteiger partial charge in [-0.2, -0.15) is 0 Å². The fourth-order valence-corrected chi connectivity index (χ4v) is 5.08. The maximum atomic E-state index is 10.9. The molecule has 0 heterocycles. The third-order valence-electron chi connectivity index (χ3n) is 6.07. The van der Waals surface area contributed by atoms with Crippen LogP contribution < -0.4 is 0 Å². The van der Waals surface area contributed by atoms with E-state index in [1.165, 1.54) is 59.6 Å². The van der Waals surface area contributed by atoms with E-state index in [0.29, 0.717) is 5.92 Å². The monoisotopic (exact) mass is 264 g/mol. The Hall–Kier alpha value is -1.34. The zero-order valence-electron chi connectivity index (χ0n) is 11.7. The zero-order valence-corrected chi connectivity index (χ0v) is 11.7. The molecule has 2 aromatic rings. The van der Waals surface area contributed by atoms with Crippen LogP contribution in [0, 0.1) is 17.8 Å². The second kappa shape index (κ2) is 3.85. The highest BCUT2D eigenvalue weighted by molar-refractivity contribution is 5.93. The standard InChI is InChI=1S/C19H20O/c20-19(18-13-5-2-6-14(13)18)16-10-9-12-8-7-11-3-1-4-15(16)17(11)12/h1,3-4,9-10,13-14,18-20H,2,5-8H2. The Balaban J connectivity index is 1.63. The molecule has 2 aromatic carbocycles. The van der Waals surface area contributed by atoms with E-state index in [4.69, 9.17) is 0 Å². The Labute approximate surface area is 119 Å². The molecule has 20 heavy (non-hydrogen) atoms. The molecule has 3 aliphatic carbocycles. The lowest BCUT2D eigenvalue weighted by molar-refractivity contribution is 0.138. The summed E-state index contributed by atoms with van der Waals surface area (Å²) < 4.78 is 0. The molecule has 5 rings (SSSR count). The van der Waals surface area contributed by atoms with Crippen molar-refractivity contribution in [2.75, 3.05) is 0 Å². The predicted octanol–water partition coefficient (Wildman–Crippen LogP) is 4.02. The second-order valence-corrected chi connectivity index (χ2v) is 6.93. The van der Waals surface area contributed by atoms with Crippen LogP contribution >= 0.6 is 0 Å². The Morgan fingerprint density at radius 3 is 2.50 bits per heavy atom. The predicted molar refractivity (Wildman–Crippen MR) is 80.6 cm³/mol. The minimum Gasteiger partial charge on any atom is -0.388 e. The third kappa shape index (κ3) is 1.37. The van der Waals surface area contributed by atoms with Crippen molar-refractivity contribution in [3.8, 4) is 0 Å². The molecule has 0 aromatic heterocycles. The molecule has 102 valence electrons. The van der Waals surface area contributed by atoms with Crippen molar-refractivity contribution >= 4 is 10.8 Å². The first-order valence-electron chi connectivity index (χ1n) is 8.06. The van der Waals surface area contributed by atoms with Crippen LogP contribution in [0.25, 0.3) is 10.8 Å². The molecule has 0 radical (unpaired) electrons. The van der Waals surface area contributed by atoms with E-state index in [9.17, 15) is 5.11 Å². The van der Waals surface area contributed by atoms with Gasteiger partial charge in [0.1, 0.15) is 0 Å². The second-order valence-electron chi connectivity index (χ2n) is 6.93. The summed E-state index contributed by atoms with van der Waals surface area (Å²) in [5.74, 6) is 2.17. The normalized spacial score (nSPS) is 31.6. The SMILES string of the molecule is OC(c1ccc2c3c(cccc13)CC2)C1C2CCCC21. The highest BCUT2D eigenvalue weighted by Gasteiger charge is 2.56. The van der Waals surface area contributed by atoms with Gasteiger partial charge in [0.05, 0.1) is 6.10 Å². The van der Waals surface area contributed by atoms with Crippen molar-refractivity contribution in [2.24, 2.45) is 17.8 Å². The maximum Gasteiger partial charge on any atom is 0.0829 e. The number of aliphatic hydroxyl groups is 1. The molecule has 0 amide bonds. The molecule has 0 bridgehead atoms. The summed E-state index contributed by atoms with van der Waals surface area (Å²) in [5.41, 5.74) is 4.14. The van der Waals surface area contributed by atoms with Gasteiger partial charge in [0, 0.05) is 0 Å². The quantitative estimate of drug-likeness (QED) is 0.868. The van der Waals surface area contributed by atoms with Crippen LogP contribution in [-0.4, -0.2) is 5.11 Å². The summed E-state index contributed by atoms with van der Waals surface area (Å²) in [5, 5.41) is 13.6. The summed E-state index contributed by atoms with van der Waals surface area (Å²) in [4.78, 5) is 0. The highest BCUT2D eigenvalue weighted by atomic mass is 16.3. The smallest absolute Gasteiger partial charge is 0.0829 e. The van der Waals surface area contributed by atoms with Gasteiger partial charge in [0.2, 0.25) is 0 Å². The molecule has 0 spiro atoms. The van der Waals surface area contributed by atoms with E-state index in [-0.39, 0.29) is 6.10 Å². The van der Waals surface area contributed by atoms with Crippen LogP contribution in [0.5, 0.6) is 0 Å². The first-order valence-corrected chi connectivity index (χ1v) is 8.06. The van der Waals surface area contributed by atoms with Crippen LogP contribution in [0.2, 0.25) is 0 Å². The van der Waals surface area contributed by atoms with Crippen molar-refractivity contribution in [1.29, 1.82) is 0 Å². The van der Waals surface area contributed by atoms with Gasteiger partial charge in [0.15, 0.2) is 0 Å². The average molecular weight is 264 g/mol. The number of fused-ring (bicyclic) bond motifs is 1. The molecular weight excluding hydrogens is 244 g/mol. The number of hydrogen-bond acceptors (Lipinski definition) is 1. The molecule has 3 aliphatic rings. The Bertz CT molecular complexity index is 682. The van der Waals surface area contributed by atoms with Crippen molar-refractivity contribution in [3.63, 3.8) is 0 Å². The molecule has 0 saturated heterocycles. The minimum atomic E-state index is -0.241. The number of hydrogen-bond donors (Lipinski definition) is 1. The van der Waals surface area contributed by atoms with E-state index in [2.05, 4.69) is 30.3 Å². The van der Waals surface area contributed by atoms with E-state index >= 15 is 0 Å². The van der Waals surface area contributed by atoms with Crippen LogP contribution in [0.4, 0.5) is 0 Å². The molecule has 1 heteroatoms. The topological polar surface area (TPSA) is 20.2 Å². The van der Waals surface area contributed by atoms with E-state index in [1.54, 1.807) is 0 Å². The van der Waals surface area contributed by atoms with Crippen LogP contribution in [-0.2, 0) is 12.8 Å². The fraction of sp³-hybridized carbons (Fsp3) is 0.474. The molecule has 3 unspecified atom stereocenters. The summed E-state index contributed by atoms with van der Waals surface area (Å²) in [7, 11) is 0. The minimum absolute atomic E-state index is 0.241. The van der Waals surface area contributed by atoms with Gasteiger partial charge in [-0.15, -0.1) is 0 Å². The number of rotatable bonds is 2. The summed E-state index contributed by atoms with van der Waals surface area (Å²) in [6.45, 7) is 0. The summed E-state index contributed by atoms with van der Waals surface area (Å²) in [6.07, 6.45) is 6.15. The van der Waals surface area contributed by atoms with Crippen molar-refractivity contribution in [3.05, 3.63) is 47.0 Å². The Morgan fingerprint density at radius 1 is 0.950 bits per heavy atom. The van der Waals surface area contributed by atoms with E-state index in [0.717, 1.165) is 11.8 Å². The number of aryl methyl sites for hydroxylation is 2. The third-order valence-corrected chi connectivity index (χ3v) is 6.07. The number of benzene rings is 2. The first-order chi connectivity index (χ1) is 9.84. The van der Waals surface area contributed by atoms with Crippen LogP contribution in [0.1, 0.15) is 42.1 Å². The first kappa shape index (κ1) is 11.3. The van der Waals surface area contributed by atoms with Crippen LogP contribution in [0.3, 0.4) is 0 Å². The molecule has 0 aliphatic heterocycles. The van der Waals surface area contributed by atoms with Crippen LogP contribution in [0.15, 0.2) is 30.3 Å². The summed E-state index contributed by atoms with van der Waals surface area (Å²) in [6, 6.07) is 11.1. The molecule has 1 N–H and O–H groups in total. The van der Waals surface area contributed by atoms with Gasteiger partial charge >= 0.3 is 0 Å². The van der Waals surface area contributed by atoms with E-state index in [1.807, 2.05) is 0 Å². The average Bonchev–Trinajstić information content (AvgIpc) is 2.84. The van der Waals surface area contributed by atoms with Gasteiger partial charge in [-0.3, -0.25) is 0 Å². The van der Waals surface area contributed by atoms with Crippen molar-refractivity contribution in [1.82, 2.24) is 0 Å². The molecule has 1 nitrogen and oxygen atoms in total. The van der Waals surface area contributed by atoms with E-state index < -0.39 is 0 Å². The van der Waals surface area contributed by atoms with Gasteiger partial charge in [-0.1, -0.05) is 36.8 Å². The molecule has 3 atom stereocenters. The summed E-state index contributed by atoms with van der Waals surface area (Å²) >= 11 is 0. The lowest BCUT2D eigenvalue weighted by Crippen LogP contribution is -2.05. The van der Waals surface area contributed by atoms with Crippen molar-refractivity contribution < 1.29 is 5.11 Å². The van der Waals surface area contributed by atoms with Gasteiger partial charge in [-0.05, 0) is 70.9 Å². The number of aliphatic hydroxyl groups excluding tert-OH is 1.